The molecule has 0 unspecified atom stereocenters. The van der Waals surface area contributed by atoms with Crippen LogP contribution in [0.2, 0.25) is 10.0 Å². The van der Waals surface area contributed by atoms with Crippen molar-refractivity contribution in [2.45, 2.75) is 0 Å². The average Bonchev–Trinajstić information content (AvgIpc) is 3.05. The molecular formula is C14H9Cl2N5O2. The van der Waals surface area contributed by atoms with E-state index in [2.05, 4.69) is 25.0 Å². The maximum absolute atomic E-state index is 11.9. The molecule has 3 rings (SSSR count). The highest BCUT2D eigenvalue weighted by Gasteiger charge is 2.14. The Morgan fingerprint density at radius 2 is 2.09 bits per heavy atom. The first kappa shape index (κ1) is 15.3. The Morgan fingerprint density at radius 1 is 1.26 bits per heavy atom. The third kappa shape index (κ3) is 3.25. The highest BCUT2D eigenvalue weighted by molar-refractivity contribution is 6.35. The third-order valence-electron chi connectivity index (χ3n) is 2.92. The molecule has 1 amide bonds. The lowest BCUT2D eigenvalue weighted by atomic mass is 10.1. The number of nitrogen functional groups attached to an aromatic ring is 1. The van der Waals surface area contributed by atoms with Gasteiger partial charge in [-0.05, 0) is 18.2 Å². The van der Waals surface area contributed by atoms with Crippen LogP contribution < -0.4 is 11.1 Å². The minimum absolute atomic E-state index is 0.109. The lowest BCUT2D eigenvalue weighted by Crippen LogP contribution is -2.13. The van der Waals surface area contributed by atoms with E-state index < -0.39 is 5.91 Å². The first-order valence-corrected chi connectivity index (χ1v) is 7.09. The second-order valence-corrected chi connectivity index (χ2v) is 5.32. The summed E-state index contributed by atoms with van der Waals surface area (Å²) in [5.41, 5.74) is 7.10. The molecule has 0 spiro atoms. The number of hydrogen-bond acceptors (Lipinski definition) is 6. The van der Waals surface area contributed by atoms with E-state index >= 15 is 0 Å². The van der Waals surface area contributed by atoms with Gasteiger partial charge in [0.25, 0.3) is 5.91 Å². The van der Waals surface area contributed by atoms with Gasteiger partial charge in [-0.25, -0.2) is 9.97 Å². The van der Waals surface area contributed by atoms with Crippen LogP contribution in [0.25, 0.3) is 11.3 Å². The number of nitrogens with one attached hydrogen (secondary N) is 1. The van der Waals surface area contributed by atoms with E-state index in [1.54, 1.807) is 18.2 Å². The largest absolute Gasteiger partial charge is 0.382 e. The van der Waals surface area contributed by atoms with Crippen LogP contribution >= 0.6 is 23.2 Å². The van der Waals surface area contributed by atoms with Gasteiger partial charge in [0.15, 0.2) is 11.6 Å². The number of nitrogens with two attached hydrogens (primary N) is 1. The van der Waals surface area contributed by atoms with Gasteiger partial charge in [0.2, 0.25) is 0 Å². The van der Waals surface area contributed by atoms with E-state index in [0.717, 1.165) is 0 Å². The summed E-state index contributed by atoms with van der Waals surface area (Å²) < 4.78 is 4.60. The minimum Gasteiger partial charge on any atom is -0.382 e. The summed E-state index contributed by atoms with van der Waals surface area (Å²) in [7, 11) is 0. The SMILES string of the molecule is Nc1nc(NC(=O)c2cnoc2)cnc1-c1cc(Cl)ccc1Cl. The van der Waals surface area contributed by atoms with Crippen molar-refractivity contribution in [3.05, 3.63) is 52.5 Å². The molecule has 2 heterocycles. The summed E-state index contributed by atoms with van der Waals surface area (Å²) in [6, 6.07) is 4.94. The summed E-state index contributed by atoms with van der Waals surface area (Å²) in [6.07, 6.45) is 3.87. The van der Waals surface area contributed by atoms with Crippen LogP contribution in [-0.4, -0.2) is 21.0 Å². The molecule has 0 saturated heterocycles. The molecule has 0 atom stereocenters. The number of rotatable bonds is 3. The number of anilines is 2. The Balaban J connectivity index is 1.89. The molecule has 0 fully saturated rings. The number of nitrogens with zero attached hydrogens (tertiary/aromatic N) is 3. The molecule has 3 aromatic rings. The van der Waals surface area contributed by atoms with Crippen molar-refractivity contribution in [2.75, 3.05) is 11.1 Å². The van der Waals surface area contributed by atoms with Crippen molar-refractivity contribution in [3.8, 4) is 11.3 Å². The second kappa shape index (κ2) is 6.23. The summed E-state index contributed by atoms with van der Waals surface area (Å²) in [5, 5.41) is 6.93. The van der Waals surface area contributed by atoms with Crippen molar-refractivity contribution < 1.29 is 9.32 Å². The molecule has 116 valence electrons. The summed E-state index contributed by atoms with van der Waals surface area (Å²) >= 11 is 12.1. The zero-order valence-corrected chi connectivity index (χ0v) is 13.0. The second-order valence-electron chi connectivity index (χ2n) is 4.48. The van der Waals surface area contributed by atoms with Crippen LogP contribution in [0, 0.1) is 0 Å². The first-order valence-electron chi connectivity index (χ1n) is 6.33. The third-order valence-corrected chi connectivity index (χ3v) is 3.48. The molecule has 2 aromatic heterocycles. The first-order chi connectivity index (χ1) is 11.0. The number of hydrogen-bond donors (Lipinski definition) is 2. The number of benzene rings is 1. The maximum atomic E-state index is 11.9. The van der Waals surface area contributed by atoms with Crippen molar-refractivity contribution in [1.82, 2.24) is 15.1 Å². The Labute approximate surface area is 140 Å². The van der Waals surface area contributed by atoms with Gasteiger partial charge >= 0.3 is 0 Å². The van der Waals surface area contributed by atoms with Crippen LogP contribution in [0.3, 0.4) is 0 Å². The van der Waals surface area contributed by atoms with E-state index in [0.29, 0.717) is 21.3 Å². The molecule has 0 aliphatic rings. The number of halogens is 2. The van der Waals surface area contributed by atoms with Crippen LogP contribution in [0.1, 0.15) is 10.4 Å². The Kier molecular flexibility index (Phi) is 4.14. The maximum Gasteiger partial charge on any atom is 0.261 e. The molecule has 1 aromatic carbocycles. The zero-order chi connectivity index (χ0) is 16.4. The molecule has 0 bridgehead atoms. The summed E-state index contributed by atoms with van der Waals surface area (Å²) in [5.74, 6) is -0.138. The Morgan fingerprint density at radius 3 is 2.78 bits per heavy atom. The standard InChI is InChI=1S/C14H9Cl2N5O2/c15-8-1-2-10(16)9(3-8)12-13(17)20-11(5-18-12)21-14(22)7-4-19-23-6-7/h1-6H,(H3,17,20,21,22). The summed E-state index contributed by atoms with van der Waals surface area (Å²) in [6.45, 7) is 0. The zero-order valence-electron chi connectivity index (χ0n) is 11.5. The van der Waals surface area contributed by atoms with Gasteiger partial charge in [0, 0.05) is 10.6 Å². The van der Waals surface area contributed by atoms with Gasteiger partial charge in [-0.2, -0.15) is 0 Å². The molecule has 0 saturated carbocycles. The Bertz CT molecular complexity index is 868. The predicted molar refractivity (Wildman–Crippen MR) is 86.4 cm³/mol. The van der Waals surface area contributed by atoms with Gasteiger partial charge in [0.1, 0.15) is 12.0 Å². The smallest absolute Gasteiger partial charge is 0.261 e. The van der Waals surface area contributed by atoms with Gasteiger partial charge in [-0.15, -0.1) is 0 Å². The van der Waals surface area contributed by atoms with E-state index in [1.165, 1.54) is 18.7 Å². The van der Waals surface area contributed by atoms with Crippen molar-refractivity contribution in [2.24, 2.45) is 0 Å². The highest BCUT2D eigenvalue weighted by atomic mass is 35.5. The lowest BCUT2D eigenvalue weighted by Gasteiger charge is -2.09. The fraction of sp³-hybridized carbons (Fsp3) is 0. The van der Waals surface area contributed by atoms with E-state index in [-0.39, 0.29) is 17.2 Å². The average molecular weight is 350 g/mol. The van der Waals surface area contributed by atoms with E-state index in [4.69, 9.17) is 28.9 Å². The number of amides is 1. The quantitative estimate of drug-likeness (QED) is 0.751. The molecule has 0 aliphatic carbocycles. The van der Waals surface area contributed by atoms with Gasteiger partial charge < -0.3 is 15.6 Å². The molecule has 7 nitrogen and oxygen atoms in total. The molecule has 23 heavy (non-hydrogen) atoms. The normalized spacial score (nSPS) is 10.5. The number of carbonyl (C=O) groups is 1. The molecular weight excluding hydrogens is 341 g/mol. The molecule has 0 radical (unpaired) electrons. The van der Waals surface area contributed by atoms with Crippen molar-refractivity contribution >= 4 is 40.7 Å². The Hall–Kier alpha value is -2.64. The van der Waals surface area contributed by atoms with E-state index in [1.807, 2.05) is 0 Å². The van der Waals surface area contributed by atoms with Crippen LogP contribution in [0.15, 0.2) is 41.4 Å². The lowest BCUT2D eigenvalue weighted by molar-refractivity contribution is 0.102. The molecule has 3 N–H and O–H groups in total. The topological polar surface area (TPSA) is 107 Å². The van der Waals surface area contributed by atoms with Crippen molar-refractivity contribution in [3.63, 3.8) is 0 Å². The number of carbonyl (C=O) groups excluding carboxylic acids is 1. The molecule has 9 heteroatoms. The van der Waals surface area contributed by atoms with Crippen LogP contribution in [-0.2, 0) is 0 Å². The van der Waals surface area contributed by atoms with E-state index in [9.17, 15) is 4.79 Å². The highest BCUT2D eigenvalue weighted by Crippen LogP contribution is 2.32. The van der Waals surface area contributed by atoms with Gasteiger partial charge in [0.05, 0.1) is 23.0 Å². The minimum atomic E-state index is -0.437. The monoisotopic (exact) mass is 349 g/mol. The molecule has 0 aliphatic heterocycles. The predicted octanol–water partition coefficient (Wildman–Crippen LogP) is 3.27. The summed E-state index contributed by atoms with van der Waals surface area (Å²) in [4.78, 5) is 20.2. The van der Waals surface area contributed by atoms with Crippen molar-refractivity contribution in [1.29, 1.82) is 0 Å². The van der Waals surface area contributed by atoms with Crippen LogP contribution in [0.5, 0.6) is 0 Å². The van der Waals surface area contributed by atoms with Gasteiger partial charge in [-0.1, -0.05) is 28.4 Å². The fourth-order valence-electron chi connectivity index (χ4n) is 1.86. The fourth-order valence-corrected chi connectivity index (χ4v) is 2.23. The van der Waals surface area contributed by atoms with Gasteiger partial charge in [-0.3, -0.25) is 4.79 Å². The van der Waals surface area contributed by atoms with Crippen LogP contribution in [0.4, 0.5) is 11.6 Å². The number of aromatic nitrogens is 3.